The Hall–Kier alpha value is -0.590. The normalized spacial score (nSPS) is 18.6. The van der Waals surface area contributed by atoms with Crippen LogP contribution in [0, 0.1) is 5.92 Å². The van der Waals surface area contributed by atoms with Crippen molar-refractivity contribution < 1.29 is 13.2 Å². The molecule has 0 atom stereocenters. The van der Waals surface area contributed by atoms with E-state index in [1.54, 1.807) is 6.92 Å². The number of hydrogen-bond acceptors (Lipinski definition) is 3. The minimum Gasteiger partial charge on any atom is -0.351 e. The molecule has 0 aromatic rings. The van der Waals surface area contributed by atoms with E-state index in [4.69, 9.17) is 11.6 Å². The lowest BCUT2D eigenvalue weighted by atomic mass is 9.97. The van der Waals surface area contributed by atoms with E-state index in [1.807, 2.05) is 0 Å². The third-order valence-electron chi connectivity index (χ3n) is 3.04. The molecule has 1 N–H and O–H groups in total. The third kappa shape index (κ3) is 4.26. The van der Waals surface area contributed by atoms with Crippen molar-refractivity contribution in [1.29, 1.82) is 0 Å². The lowest BCUT2D eigenvalue weighted by Crippen LogP contribution is -2.43. The van der Waals surface area contributed by atoms with Gasteiger partial charge >= 0.3 is 0 Å². The molecule has 0 aliphatic carbocycles. The van der Waals surface area contributed by atoms with Crippen molar-refractivity contribution in [3.05, 3.63) is 11.6 Å². The molecule has 1 aliphatic rings. The van der Waals surface area contributed by atoms with Crippen LogP contribution in [0.4, 0.5) is 0 Å². The summed E-state index contributed by atoms with van der Waals surface area (Å²) in [7, 11) is -3.13. The highest BCUT2D eigenvalue weighted by Crippen LogP contribution is 2.20. The van der Waals surface area contributed by atoms with E-state index in [9.17, 15) is 13.2 Å². The molecule has 1 fully saturated rings. The zero-order chi connectivity index (χ0) is 13.8. The molecule has 0 aromatic heterocycles. The van der Waals surface area contributed by atoms with E-state index < -0.39 is 10.0 Å². The lowest BCUT2D eigenvalue weighted by Gasteiger charge is -2.30. The zero-order valence-corrected chi connectivity index (χ0v) is 12.1. The van der Waals surface area contributed by atoms with Crippen LogP contribution in [0.5, 0.6) is 0 Å². The van der Waals surface area contributed by atoms with Gasteiger partial charge in [-0.1, -0.05) is 18.2 Å². The van der Waals surface area contributed by atoms with E-state index in [-0.39, 0.29) is 24.1 Å². The highest BCUT2D eigenvalue weighted by atomic mass is 35.5. The fourth-order valence-electron chi connectivity index (χ4n) is 1.91. The van der Waals surface area contributed by atoms with Crippen molar-refractivity contribution in [2.24, 2.45) is 5.92 Å². The summed E-state index contributed by atoms with van der Waals surface area (Å²) in [4.78, 5) is 11.7. The Morgan fingerprint density at radius 1 is 1.44 bits per heavy atom. The Kier molecular flexibility index (Phi) is 5.62. The standard InChI is InChI=1S/C11H19ClN2O3S/c1-3-18(16,17)14-6-4-10(5-7-14)11(15)13-8-9(2)12/h10H,2-8H2,1H3,(H,13,15). The molecule has 1 saturated heterocycles. The number of amides is 1. The minimum absolute atomic E-state index is 0.0784. The van der Waals surface area contributed by atoms with Crippen molar-refractivity contribution in [3.63, 3.8) is 0 Å². The van der Waals surface area contributed by atoms with Gasteiger partial charge in [-0.3, -0.25) is 4.79 Å². The van der Waals surface area contributed by atoms with Gasteiger partial charge in [0.1, 0.15) is 0 Å². The third-order valence-corrected chi connectivity index (χ3v) is 5.05. The molecule has 5 nitrogen and oxygen atoms in total. The summed E-state index contributed by atoms with van der Waals surface area (Å²) in [5.41, 5.74) is 0. The van der Waals surface area contributed by atoms with Crippen molar-refractivity contribution in [2.75, 3.05) is 25.4 Å². The number of nitrogens with one attached hydrogen (secondary N) is 1. The van der Waals surface area contributed by atoms with Gasteiger partial charge < -0.3 is 5.32 Å². The number of hydrogen-bond donors (Lipinski definition) is 1. The second kappa shape index (κ2) is 6.54. The number of piperidine rings is 1. The van der Waals surface area contributed by atoms with Gasteiger partial charge in [0.25, 0.3) is 0 Å². The summed E-state index contributed by atoms with van der Waals surface area (Å²) in [5, 5.41) is 3.06. The first-order valence-corrected chi connectivity index (χ1v) is 7.94. The van der Waals surface area contributed by atoms with Gasteiger partial charge in [-0.2, -0.15) is 0 Å². The van der Waals surface area contributed by atoms with Crippen LogP contribution >= 0.6 is 11.6 Å². The summed E-state index contributed by atoms with van der Waals surface area (Å²) in [5.74, 6) is -0.106. The van der Waals surface area contributed by atoms with Crippen LogP contribution in [-0.4, -0.2) is 44.0 Å². The Morgan fingerprint density at radius 3 is 2.44 bits per heavy atom. The van der Waals surface area contributed by atoms with Crippen molar-refractivity contribution in [2.45, 2.75) is 19.8 Å². The van der Waals surface area contributed by atoms with Gasteiger partial charge in [0, 0.05) is 24.0 Å². The van der Waals surface area contributed by atoms with Gasteiger partial charge in [-0.05, 0) is 19.8 Å². The first-order chi connectivity index (χ1) is 8.36. The van der Waals surface area contributed by atoms with Crippen molar-refractivity contribution in [3.8, 4) is 0 Å². The summed E-state index contributed by atoms with van der Waals surface area (Å²) in [6.07, 6.45) is 1.11. The van der Waals surface area contributed by atoms with Crippen molar-refractivity contribution >= 4 is 27.5 Å². The molecule has 0 bridgehead atoms. The number of halogens is 1. The predicted octanol–water partition coefficient (Wildman–Crippen LogP) is 0.917. The van der Waals surface area contributed by atoms with E-state index in [0.29, 0.717) is 31.0 Å². The Morgan fingerprint density at radius 2 is 2.00 bits per heavy atom. The van der Waals surface area contributed by atoms with E-state index in [2.05, 4.69) is 11.9 Å². The van der Waals surface area contributed by atoms with Gasteiger partial charge in [-0.15, -0.1) is 0 Å². The summed E-state index contributed by atoms with van der Waals surface area (Å²) in [6, 6.07) is 0. The molecular weight excluding hydrogens is 276 g/mol. The number of sulfonamides is 1. The molecular formula is C11H19ClN2O3S. The fraction of sp³-hybridized carbons (Fsp3) is 0.727. The molecule has 7 heteroatoms. The minimum atomic E-state index is -3.13. The molecule has 104 valence electrons. The van der Waals surface area contributed by atoms with Crippen LogP contribution in [0.1, 0.15) is 19.8 Å². The quantitative estimate of drug-likeness (QED) is 0.820. The molecule has 0 unspecified atom stereocenters. The van der Waals surface area contributed by atoms with Crippen LogP contribution in [0.25, 0.3) is 0 Å². The van der Waals surface area contributed by atoms with Crippen LogP contribution in [0.15, 0.2) is 11.6 Å². The highest BCUT2D eigenvalue weighted by molar-refractivity contribution is 7.89. The number of rotatable bonds is 5. The number of carbonyl (C=O) groups is 1. The number of nitrogens with zero attached hydrogens (tertiary/aromatic N) is 1. The highest BCUT2D eigenvalue weighted by Gasteiger charge is 2.29. The van der Waals surface area contributed by atoms with Crippen molar-refractivity contribution in [1.82, 2.24) is 9.62 Å². The van der Waals surface area contributed by atoms with Crippen LogP contribution in [-0.2, 0) is 14.8 Å². The topological polar surface area (TPSA) is 66.5 Å². The largest absolute Gasteiger partial charge is 0.351 e. The zero-order valence-electron chi connectivity index (χ0n) is 10.5. The molecule has 1 heterocycles. The summed E-state index contributed by atoms with van der Waals surface area (Å²) in [6.45, 7) is 6.20. The molecule has 0 spiro atoms. The summed E-state index contributed by atoms with van der Waals surface area (Å²) < 4.78 is 24.7. The van der Waals surface area contributed by atoms with Crippen LogP contribution in [0.3, 0.4) is 0 Å². The maximum absolute atomic E-state index is 11.7. The van der Waals surface area contributed by atoms with E-state index in [0.717, 1.165) is 0 Å². The van der Waals surface area contributed by atoms with Gasteiger partial charge in [0.2, 0.25) is 15.9 Å². The molecule has 18 heavy (non-hydrogen) atoms. The molecule has 1 aliphatic heterocycles. The maximum Gasteiger partial charge on any atom is 0.223 e. The molecule has 0 radical (unpaired) electrons. The predicted molar refractivity (Wildman–Crippen MR) is 71.8 cm³/mol. The summed E-state index contributed by atoms with van der Waals surface area (Å²) >= 11 is 5.57. The average molecular weight is 295 g/mol. The SMILES string of the molecule is C=C(Cl)CNC(=O)C1CCN(S(=O)(=O)CC)CC1. The first-order valence-electron chi connectivity index (χ1n) is 5.95. The fourth-order valence-corrected chi connectivity index (χ4v) is 3.11. The molecule has 0 saturated carbocycles. The first kappa shape index (κ1) is 15.5. The van der Waals surface area contributed by atoms with Gasteiger partial charge in [0.05, 0.1) is 12.3 Å². The number of carbonyl (C=O) groups excluding carboxylic acids is 1. The lowest BCUT2D eigenvalue weighted by molar-refractivity contribution is -0.125. The maximum atomic E-state index is 11.7. The van der Waals surface area contributed by atoms with Crippen LogP contribution < -0.4 is 5.32 Å². The Balaban J connectivity index is 2.44. The smallest absolute Gasteiger partial charge is 0.223 e. The Bertz CT molecular complexity index is 414. The van der Waals surface area contributed by atoms with Gasteiger partial charge in [-0.25, -0.2) is 12.7 Å². The molecule has 1 rings (SSSR count). The second-order valence-corrected chi connectivity index (χ2v) is 7.10. The molecule has 1 amide bonds. The average Bonchev–Trinajstić information content (AvgIpc) is 2.36. The molecule has 0 aromatic carbocycles. The van der Waals surface area contributed by atoms with Crippen LogP contribution in [0.2, 0.25) is 0 Å². The Labute approximate surface area is 113 Å². The second-order valence-electron chi connectivity index (χ2n) is 4.31. The van der Waals surface area contributed by atoms with E-state index in [1.165, 1.54) is 4.31 Å². The van der Waals surface area contributed by atoms with Gasteiger partial charge in [0.15, 0.2) is 0 Å². The van der Waals surface area contributed by atoms with E-state index >= 15 is 0 Å². The monoisotopic (exact) mass is 294 g/mol.